The van der Waals surface area contributed by atoms with Crippen LogP contribution in [-0.4, -0.2) is 0 Å². The Balaban J connectivity index is 1.65. The number of benzene rings is 5. The molecule has 0 unspecified atom stereocenters. The average molecular weight is 332 g/mol. The van der Waals surface area contributed by atoms with Gasteiger partial charge in [0.05, 0.1) is 0 Å². The van der Waals surface area contributed by atoms with Gasteiger partial charge >= 0.3 is 0 Å². The molecule has 0 heteroatoms. The molecule has 0 fully saturated rings. The lowest BCUT2D eigenvalue weighted by molar-refractivity contribution is 1.24. The Kier molecular flexibility index (Phi) is 3.50. The summed E-state index contributed by atoms with van der Waals surface area (Å²) < 4.78 is 0. The molecule has 0 aliphatic rings. The highest BCUT2D eigenvalue weighted by atomic mass is 14.1. The summed E-state index contributed by atoms with van der Waals surface area (Å²) in [6.07, 6.45) is 5.44. The zero-order chi connectivity index (χ0) is 17.5. The lowest BCUT2D eigenvalue weighted by Gasteiger charge is -2.15. The minimum Gasteiger partial charge on any atom is -0.0795 e. The van der Waals surface area contributed by atoms with Crippen LogP contribution in [0.3, 0.4) is 0 Å². The average Bonchev–Trinajstić information content (AvgIpc) is 2.69. The molecular weight excluding hydrogens is 312 g/mol. The van der Waals surface area contributed by atoms with Crippen LogP contribution in [-0.2, 0) is 6.42 Å². The summed E-state index contributed by atoms with van der Waals surface area (Å²) in [4.78, 5) is 0. The van der Waals surface area contributed by atoms with Crippen molar-refractivity contribution in [1.82, 2.24) is 0 Å². The van der Waals surface area contributed by atoms with Crippen molar-refractivity contribution >= 4 is 38.4 Å². The van der Waals surface area contributed by atoms with Gasteiger partial charge in [0.15, 0.2) is 0 Å². The summed E-state index contributed by atoms with van der Waals surface area (Å²) >= 11 is 0. The largest absolute Gasteiger partial charge is 0.0795 e. The predicted molar refractivity (Wildman–Crippen MR) is 114 cm³/mol. The van der Waals surface area contributed by atoms with E-state index in [2.05, 4.69) is 97.9 Å². The zero-order valence-electron chi connectivity index (χ0n) is 14.9. The molecule has 0 amide bonds. The van der Waals surface area contributed by atoms with Crippen molar-refractivity contribution in [2.75, 3.05) is 0 Å². The second-order valence-electron chi connectivity index (χ2n) is 7.03. The monoisotopic (exact) mass is 332 g/mol. The van der Waals surface area contributed by atoms with E-state index < -0.39 is 0 Å². The van der Waals surface area contributed by atoms with Crippen molar-refractivity contribution in [1.29, 1.82) is 0 Å². The Bertz CT molecular complexity index is 1230. The van der Waals surface area contributed by atoms with E-state index in [9.17, 15) is 0 Å². The van der Waals surface area contributed by atoms with Crippen LogP contribution in [0, 0.1) is 6.92 Å². The Morgan fingerprint density at radius 2 is 1.42 bits per heavy atom. The molecule has 5 aromatic rings. The number of aryl methyl sites for hydroxylation is 1. The number of rotatable bonds is 3. The van der Waals surface area contributed by atoms with Crippen LogP contribution in [0.15, 0.2) is 84.9 Å². The topological polar surface area (TPSA) is 0 Å². The summed E-state index contributed by atoms with van der Waals surface area (Å²) in [6.45, 7) is 2.26. The van der Waals surface area contributed by atoms with Crippen molar-refractivity contribution in [3.63, 3.8) is 0 Å². The normalized spacial score (nSPS) is 12.0. The molecule has 0 saturated heterocycles. The molecule has 0 aliphatic carbocycles. The summed E-state index contributed by atoms with van der Waals surface area (Å²) in [5, 5.41) is 8.20. The molecule has 0 saturated carbocycles. The highest BCUT2D eigenvalue weighted by Crippen LogP contribution is 2.37. The Hall–Kier alpha value is -3.12. The Labute approximate surface area is 153 Å². The summed E-state index contributed by atoms with van der Waals surface area (Å²) in [5.74, 6) is 0. The van der Waals surface area contributed by atoms with Crippen molar-refractivity contribution in [2.45, 2.75) is 13.3 Å². The van der Waals surface area contributed by atoms with Crippen molar-refractivity contribution < 1.29 is 0 Å². The summed E-state index contributed by atoms with van der Waals surface area (Å²) in [6, 6.07) is 28.5. The van der Waals surface area contributed by atoms with Gasteiger partial charge in [-0.15, -0.1) is 0 Å². The first-order chi connectivity index (χ1) is 12.8. The van der Waals surface area contributed by atoms with Crippen LogP contribution in [0.2, 0.25) is 0 Å². The molecule has 5 aromatic carbocycles. The molecule has 26 heavy (non-hydrogen) atoms. The van der Waals surface area contributed by atoms with Gasteiger partial charge in [0.1, 0.15) is 0 Å². The second-order valence-corrected chi connectivity index (χ2v) is 7.03. The van der Waals surface area contributed by atoms with Gasteiger partial charge in [-0.1, -0.05) is 91.0 Å². The Morgan fingerprint density at radius 1 is 0.692 bits per heavy atom. The van der Waals surface area contributed by atoms with Crippen LogP contribution in [0.25, 0.3) is 38.4 Å². The molecule has 0 atom stereocenters. The van der Waals surface area contributed by atoms with Gasteiger partial charge in [0.2, 0.25) is 0 Å². The van der Waals surface area contributed by atoms with Crippen LogP contribution >= 0.6 is 0 Å². The van der Waals surface area contributed by atoms with E-state index in [1.807, 2.05) is 0 Å². The molecule has 0 spiro atoms. The molecule has 5 rings (SSSR count). The van der Waals surface area contributed by atoms with Gasteiger partial charge in [0, 0.05) is 0 Å². The summed E-state index contributed by atoms with van der Waals surface area (Å²) in [7, 11) is 0. The fraction of sp³-hybridized carbons (Fsp3) is 0.0769. The SMILES string of the molecule is Cc1c(CC=Cc2ccccc2)cc2ccc3cccc4ccc1c2c34. The maximum absolute atomic E-state index is 2.37. The quantitative estimate of drug-likeness (QED) is 0.308. The number of hydrogen-bond acceptors (Lipinski definition) is 0. The van der Waals surface area contributed by atoms with Crippen molar-refractivity contribution in [3.05, 3.63) is 102 Å². The summed E-state index contributed by atoms with van der Waals surface area (Å²) in [5.41, 5.74) is 4.05. The molecule has 0 bridgehead atoms. The molecule has 0 nitrogen and oxygen atoms in total. The van der Waals surface area contributed by atoms with Crippen molar-refractivity contribution in [3.8, 4) is 0 Å². The third-order valence-corrected chi connectivity index (χ3v) is 5.47. The van der Waals surface area contributed by atoms with Crippen LogP contribution in [0.5, 0.6) is 0 Å². The van der Waals surface area contributed by atoms with Crippen LogP contribution < -0.4 is 0 Å². The first-order valence-electron chi connectivity index (χ1n) is 9.19. The van der Waals surface area contributed by atoms with Crippen LogP contribution in [0.1, 0.15) is 16.7 Å². The van der Waals surface area contributed by atoms with E-state index in [0.29, 0.717) is 0 Å². The van der Waals surface area contributed by atoms with Gasteiger partial charge in [-0.25, -0.2) is 0 Å². The van der Waals surface area contributed by atoms with Gasteiger partial charge in [-0.2, -0.15) is 0 Å². The second kappa shape index (κ2) is 6.00. The van der Waals surface area contributed by atoms with E-state index >= 15 is 0 Å². The smallest absolute Gasteiger partial charge is 0.00239 e. The number of hydrogen-bond donors (Lipinski definition) is 0. The predicted octanol–water partition coefficient (Wildman–Crippen LogP) is 7.15. The third-order valence-electron chi connectivity index (χ3n) is 5.47. The van der Waals surface area contributed by atoms with E-state index in [4.69, 9.17) is 0 Å². The Morgan fingerprint density at radius 3 is 2.23 bits per heavy atom. The van der Waals surface area contributed by atoms with Crippen LogP contribution in [0.4, 0.5) is 0 Å². The first-order valence-corrected chi connectivity index (χ1v) is 9.19. The molecule has 124 valence electrons. The third kappa shape index (κ3) is 2.38. The van der Waals surface area contributed by atoms with E-state index in [0.717, 1.165) is 6.42 Å². The molecule has 0 radical (unpaired) electrons. The standard InChI is InChI=1S/C26H20/c1-18-22(12-5-9-19-7-3-2-4-8-19)17-23-14-13-20-10-6-11-21-15-16-24(18)26(23)25(20)21/h2-11,13-17H,12H2,1H3. The maximum atomic E-state index is 2.37. The van der Waals surface area contributed by atoms with E-state index in [1.54, 1.807) is 0 Å². The van der Waals surface area contributed by atoms with E-state index in [-0.39, 0.29) is 0 Å². The molecule has 0 heterocycles. The minimum atomic E-state index is 0.956. The molecule has 0 aromatic heterocycles. The fourth-order valence-electron chi connectivity index (χ4n) is 4.11. The fourth-order valence-corrected chi connectivity index (χ4v) is 4.11. The molecule has 0 N–H and O–H groups in total. The van der Waals surface area contributed by atoms with Gasteiger partial charge in [0.25, 0.3) is 0 Å². The first kappa shape index (κ1) is 15.2. The van der Waals surface area contributed by atoms with Crippen molar-refractivity contribution in [2.24, 2.45) is 0 Å². The molecular formula is C26H20. The zero-order valence-corrected chi connectivity index (χ0v) is 14.9. The highest BCUT2D eigenvalue weighted by Gasteiger charge is 2.11. The lowest BCUT2D eigenvalue weighted by atomic mass is 9.89. The molecule has 0 aliphatic heterocycles. The number of allylic oxidation sites excluding steroid dienone is 1. The van der Waals surface area contributed by atoms with Gasteiger partial charge in [-0.3, -0.25) is 0 Å². The highest BCUT2D eigenvalue weighted by molar-refractivity contribution is 6.23. The lowest BCUT2D eigenvalue weighted by Crippen LogP contribution is -1.92. The minimum absolute atomic E-state index is 0.956. The maximum Gasteiger partial charge on any atom is -0.00239 e. The van der Waals surface area contributed by atoms with Gasteiger partial charge < -0.3 is 0 Å². The van der Waals surface area contributed by atoms with Gasteiger partial charge in [-0.05, 0) is 62.4 Å². The van der Waals surface area contributed by atoms with E-state index in [1.165, 1.54) is 49.0 Å².